The Kier molecular flexibility index (Phi) is 3.92. The summed E-state index contributed by atoms with van der Waals surface area (Å²) in [7, 11) is 1.27. The van der Waals surface area contributed by atoms with Crippen LogP contribution in [0.4, 0.5) is 5.69 Å². The molecule has 0 saturated carbocycles. The van der Waals surface area contributed by atoms with Crippen LogP contribution in [0.2, 0.25) is 0 Å². The van der Waals surface area contributed by atoms with E-state index in [1.165, 1.54) is 5.56 Å². The van der Waals surface area contributed by atoms with Gasteiger partial charge in [0.2, 0.25) is 0 Å². The molecule has 0 spiro atoms. The van der Waals surface area contributed by atoms with E-state index < -0.39 is 9.84 Å². The summed E-state index contributed by atoms with van der Waals surface area (Å²) in [6.07, 6.45) is 0.710. The topological polar surface area (TPSA) is 49.4 Å². The summed E-state index contributed by atoms with van der Waals surface area (Å²) in [6.45, 7) is 0.915. The van der Waals surface area contributed by atoms with Gasteiger partial charge in [0.15, 0.2) is 9.84 Å². The maximum absolute atomic E-state index is 11.4. The largest absolute Gasteiger partial charge is 0.381 e. The van der Waals surface area contributed by atoms with Crippen LogP contribution in [-0.4, -0.2) is 45.0 Å². The molecule has 0 amide bonds. The molecular formula is C13H20N2O2S. The first kappa shape index (κ1) is 13.4. The lowest BCUT2D eigenvalue weighted by molar-refractivity contribution is 0.402. The summed E-state index contributed by atoms with van der Waals surface area (Å²) in [4.78, 5) is 2.12. The Morgan fingerprint density at radius 2 is 1.94 bits per heavy atom. The lowest BCUT2D eigenvalue weighted by atomic mass is 10.2. The first-order valence-corrected chi connectivity index (χ1v) is 7.97. The Hall–Kier alpha value is -1.07. The van der Waals surface area contributed by atoms with E-state index in [1.54, 1.807) is 0 Å². The van der Waals surface area contributed by atoms with Crippen LogP contribution < -0.4 is 5.32 Å². The summed E-state index contributed by atoms with van der Waals surface area (Å²) in [5.41, 5.74) is 2.25. The molecule has 1 aromatic rings. The van der Waals surface area contributed by atoms with Crippen molar-refractivity contribution in [2.24, 2.45) is 0 Å². The van der Waals surface area contributed by atoms with Crippen molar-refractivity contribution in [3.8, 4) is 0 Å². The maximum Gasteiger partial charge on any atom is 0.152 e. The zero-order chi connectivity index (χ0) is 13.2. The van der Waals surface area contributed by atoms with E-state index in [9.17, 15) is 8.42 Å². The molecule has 1 aliphatic heterocycles. The van der Waals surface area contributed by atoms with E-state index in [0.29, 0.717) is 12.2 Å². The van der Waals surface area contributed by atoms with Crippen LogP contribution in [-0.2, 0) is 16.4 Å². The average Bonchev–Trinajstić information content (AvgIpc) is 2.60. The van der Waals surface area contributed by atoms with Crippen molar-refractivity contribution < 1.29 is 8.42 Å². The lowest BCUT2D eigenvalue weighted by Gasteiger charge is -2.14. The van der Waals surface area contributed by atoms with Crippen LogP contribution >= 0.6 is 0 Å². The van der Waals surface area contributed by atoms with Crippen molar-refractivity contribution in [3.63, 3.8) is 0 Å². The van der Waals surface area contributed by atoms with Crippen LogP contribution in [0, 0.1) is 0 Å². The molecule has 2 rings (SSSR count). The molecule has 1 aromatic carbocycles. The third kappa shape index (κ3) is 3.71. The highest BCUT2D eigenvalue weighted by molar-refractivity contribution is 7.91. The highest BCUT2D eigenvalue weighted by atomic mass is 32.2. The molecule has 0 aromatic heterocycles. The van der Waals surface area contributed by atoms with E-state index in [4.69, 9.17) is 0 Å². The van der Waals surface area contributed by atoms with Crippen LogP contribution in [0.3, 0.4) is 0 Å². The molecule has 1 heterocycles. The molecule has 100 valence electrons. The number of benzene rings is 1. The first-order valence-electron chi connectivity index (χ1n) is 6.15. The zero-order valence-electron chi connectivity index (χ0n) is 10.9. The third-order valence-corrected chi connectivity index (χ3v) is 4.82. The number of sulfone groups is 1. The van der Waals surface area contributed by atoms with Gasteiger partial charge in [-0.15, -0.1) is 0 Å². The normalized spacial score (nSPS) is 22.3. The summed E-state index contributed by atoms with van der Waals surface area (Å²) in [5.74, 6) is 0.565. The number of anilines is 1. The predicted molar refractivity (Wildman–Crippen MR) is 74.5 cm³/mol. The summed E-state index contributed by atoms with van der Waals surface area (Å²) >= 11 is 0. The highest BCUT2D eigenvalue weighted by Gasteiger charge is 2.27. The second-order valence-electron chi connectivity index (χ2n) is 5.18. The molecule has 1 saturated heterocycles. The van der Waals surface area contributed by atoms with Crippen LogP contribution in [0.5, 0.6) is 0 Å². The second kappa shape index (κ2) is 5.28. The smallest absolute Gasteiger partial charge is 0.152 e. The third-order valence-electron chi connectivity index (χ3n) is 3.06. The summed E-state index contributed by atoms with van der Waals surface area (Å²) < 4.78 is 22.7. The Labute approximate surface area is 109 Å². The fourth-order valence-electron chi connectivity index (χ4n) is 2.22. The Balaban J connectivity index is 1.95. The number of nitrogens with one attached hydrogen (secondary N) is 1. The van der Waals surface area contributed by atoms with Crippen molar-refractivity contribution in [1.29, 1.82) is 0 Å². The molecule has 0 bridgehead atoms. The van der Waals surface area contributed by atoms with Gasteiger partial charge in [-0.1, -0.05) is 12.1 Å². The molecule has 0 radical (unpaired) electrons. The molecule has 0 aliphatic carbocycles. The standard InChI is InChI=1S/C13H20N2O2S/c1-15(2)9-11-3-5-12(6-4-11)14-13-7-8-18(16,17)10-13/h3-6,13-14H,7-10H2,1-2H3. The predicted octanol–water partition coefficient (Wildman–Crippen LogP) is 1.35. The highest BCUT2D eigenvalue weighted by Crippen LogP contribution is 2.18. The van der Waals surface area contributed by atoms with Gasteiger partial charge in [-0.3, -0.25) is 0 Å². The van der Waals surface area contributed by atoms with Gasteiger partial charge in [0.1, 0.15) is 0 Å². The minimum absolute atomic E-state index is 0.0645. The summed E-state index contributed by atoms with van der Waals surface area (Å²) in [5, 5.41) is 3.28. The molecule has 1 unspecified atom stereocenters. The molecule has 1 aliphatic rings. The quantitative estimate of drug-likeness (QED) is 0.895. The van der Waals surface area contributed by atoms with Gasteiger partial charge >= 0.3 is 0 Å². The average molecular weight is 268 g/mol. The Morgan fingerprint density at radius 1 is 1.28 bits per heavy atom. The molecular weight excluding hydrogens is 248 g/mol. The van der Waals surface area contributed by atoms with Crippen molar-refractivity contribution in [3.05, 3.63) is 29.8 Å². The van der Waals surface area contributed by atoms with Gasteiger partial charge in [0, 0.05) is 18.3 Å². The molecule has 1 atom stereocenters. The monoisotopic (exact) mass is 268 g/mol. The van der Waals surface area contributed by atoms with Crippen LogP contribution in [0.25, 0.3) is 0 Å². The van der Waals surface area contributed by atoms with Crippen molar-refractivity contribution in [2.75, 3.05) is 30.9 Å². The van der Waals surface area contributed by atoms with Gasteiger partial charge in [0.05, 0.1) is 11.5 Å². The lowest BCUT2D eigenvalue weighted by Crippen LogP contribution is -2.20. The van der Waals surface area contributed by atoms with Gasteiger partial charge in [-0.2, -0.15) is 0 Å². The van der Waals surface area contributed by atoms with Crippen molar-refractivity contribution in [1.82, 2.24) is 4.90 Å². The minimum Gasteiger partial charge on any atom is -0.381 e. The van der Waals surface area contributed by atoms with Crippen LogP contribution in [0.1, 0.15) is 12.0 Å². The number of hydrogen-bond donors (Lipinski definition) is 1. The minimum atomic E-state index is -2.81. The first-order chi connectivity index (χ1) is 8.44. The molecule has 1 fully saturated rings. The zero-order valence-corrected chi connectivity index (χ0v) is 11.7. The molecule has 18 heavy (non-hydrogen) atoms. The number of rotatable bonds is 4. The van der Waals surface area contributed by atoms with Crippen molar-refractivity contribution in [2.45, 2.75) is 19.0 Å². The van der Waals surface area contributed by atoms with Gasteiger partial charge < -0.3 is 10.2 Å². The van der Waals surface area contributed by atoms with E-state index in [0.717, 1.165) is 12.2 Å². The SMILES string of the molecule is CN(C)Cc1ccc(NC2CCS(=O)(=O)C2)cc1. The van der Waals surface area contributed by atoms with Gasteiger partial charge in [0.25, 0.3) is 0 Å². The summed E-state index contributed by atoms with van der Waals surface area (Å²) in [6, 6.07) is 8.25. The Bertz CT molecular complexity index is 494. The van der Waals surface area contributed by atoms with E-state index >= 15 is 0 Å². The molecule has 5 heteroatoms. The van der Waals surface area contributed by atoms with Crippen molar-refractivity contribution >= 4 is 15.5 Å². The van der Waals surface area contributed by atoms with Gasteiger partial charge in [-0.05, 0) is 38.2 Å². The fourth-order valence-corrected chi connectivity index (χ4v) is 3.89. The molecule has 1 N–H and O–H groups in total. The number of nitrogens with zero attached hydrogens (tertiary/aromatic N) is 1. The van der Waals surface area contributed by atoms with E-state index in [2.05, 4.69) is 22.3 Å². The number of hydrogen-bond acceptors (Lipinski definition) is 4. The second-order valence-corrected chi connectivity index (χ2v) is 7.41. The van der Waals surface area contributed by atoms with Crippen LogP contribution in [0.15, 0.2) is 24.3 Å². The van der Waals surface area contributed by atoms with E-state index in [-0.39, 0.29) is 11.8 Å². The Morgan fingerprint density at radius 3 is 2.44 bits per heavy atom. The molecule has 4 nitrogen and oxygen atoms in total. The van der Waals surface area contributed by atoms with Gasteiger partial charge in [-0.25, -0.2) is 8.42 Å². The fraction of sp³-hybridized carbons (Fsp3) is 0.538. The maximum atomic E-state index is 11.4. The van der Waals surface area contributed by atoms with E-state index in [1.807, 2.05) is 26.2 Å².